The molecule has 0 saturated heterocycles. The summed E-state index contributed by atoms with van der Waals surface area (Å²) in [5.74, 6) is -4.66. The molecule has 0 N–H and O–H groups in total. The van der Waals surface area contributed by atoms with Crippen LogP contribution in [0.15, 0.2) is 48.6 Å². The number of non-ortho nitro benzene ring substituents is 2. The van der Waals surface area contributed by atoms with E-state index >= 15 is 0 Å². The van der Waals surface area contributed by atoms with Gasteiger partial charge in [0.1, 0.15) is 21.5 Å². The lowest BCUT2D eigenvalue weighted by molar-refractivity contribution is -0.385. The lowest BCUT2D eigenvalue weighted by atomic mass is 10.1. The first kappa shape index (κ1) is 38.0. The van der Waals surface area contributed by atoms with Gasteiger partial charge in [0, 0.05) is 76.4 Å². The fourth-order valence-corrected chi connectivity index (χ4v) is 5.79. The number of rotatable bonds is 12. The molecule has 268 valence electrons. The zero-order valence-electron chi connectivity index (χ0n) is 28.4. The second-order valence-electron chi connectivity index (χ2n) is 12.5. The molecule has 0 aliphatic carbocycles. The summed E-state index contributed by atoms with van der Waals surface area (Å²) in [7, 11) is 10.6. The van der Waals surface area contributed by atoms with Gasteiger partial charge in [0.15, 0.2) is 0 Å². The van der Waals surface area contributed by atoms with E-state index in [9.17, 15) is 29.8 Å². The molecule has 16 nitrogen and oxygen atoms in total. The van der Waals surface area contributed by atoms with Crippen LogP contribution in [0.1, 0.15) is 24.0 Å². The smallest absolute Gasteiger partial charge is 0.334 e. The lowest BCUT2D eigenvalue weighted by Gasteiger charge is -2.35. The minimum absolute atomic E-state index is 0.0164. The molecular formula is C32H38N6O10S2. The van der Waals surface area contributed by atoms with Crippen molar-refractivity contribution in [3.8, 4) is 11.5 Å². The molecule has 0 aromatic heterocycles. The number of nitro benzene ring substituents is 2. The average molecular weight is 731 g/mol. The van der Waals surface area contributed by atoms with Gasteiger partial charge in [-0.2, -0.15) is 0 Å². The predicted octanol–water partition coefficient (Wildman–Crippen LogP) is 3.14. The van der Waals surface area contributed by atoms with Crippen molar-refractivity contribution >= 4 is 57.7 Å². The number of carbonyl (C=O) groups is 2. The molecule has 0 amide bonds. The summed E-state index contributed by atoms with van der Waals surface area (Å²) in [5, 5.41) is 22.9. The van der Waals surface area contributed by atoms with Crippen LogP contribution in [0.2, 0.25) is 0 Å². The van der Waals surface area contributed by atoms with Crippen LogP contribution in [0.4, 0.5) is 11.4 Å². The van der Waals surface area contributed by atoms with E-state index in [-0.39, 0.29) is 58.8 Å². The summed E-state index contributed by atoms with van der Waals surface area (Å²) >= 11 is 11.2. The topological polar surface area (TPSA) is 170 Å². The number of carbonyl (C=O) groups excluding carboxylic acids is 2. The van der Waals surface area contributed by atoms with Crippen molar-refractivity contribution in [1.82, 2.24) is 19.6 Å². The Kier molecular flexibility index (Phi) is 11.7. The zero-order chi connectivity index (χ0) is 37.0. The molecule has 2 aromatic carbocycles. The standard InChI is InChI=1S/C32H38N6O10S2/c1-33(2)15-13-31(19-35(5)29(49)23-17-21(37(41)42)7-9-25(23)45-31)47-27(39)11-12-28(40)48-32(14-16-34(3)4)20-36(6)30(50)24-18-22(38(43)44)8-10-26(24)46-32/h7-12,17-18H,13-16,19-20H2,1-6H3/b12-11+. The van der Waals surface area contributed by atoms with Gasteiger partial charge in [0.05, 0.1) is 34.1 Å². The van der Waals surface area contributed by atoms with E-state index in [1.54, 1.807) is 23.9 Å². The number of ether oxygens (including phenoxy) is 4. The van der Waals surface area contributed by atoms with Gasteiger partial charge in [-0.1, -0.05) is 24.4 Å². The maximum Gasteiger partial charge on any atom is 0.334 e. The first-order chi connectivity index (χ1) is 23.4. The van der Waals surface area contributed by atoms with E-state index in [0.717, 1.165) is 12.2 Å². The number of likely N-dealkylation sites (N-methyl/N-ethyl adjacent to an activating group) is 2. The Balaban J connectivity index is 1.60. The van der Waals surface area contributed by atoms with Crippen LogP contribution >= 0.6 is 24.4 Å². The number of esters is 2. The van der Waals surface area contributed by atoms with Crippen LogP contribution in [-0.4, -0.2) is 131 Å². The van der Waals surface area contributed by atoms with Crippen LogP contribution < -0.4 is 9.47 Å². The van der Waals surface area contributed by atoms with E-state index < -0.39 is 33.4 Å². The minimum atomic E-state index is -1.60. The molecule has 2 heterocycles. The van der Waals surface area contributed by atoms with Crippen molar-refractivity contribution in [2.45, 2.75) is 24.4 Å². The van der Waals surface area contributed by atoms with Crippen molar-refractivity contribution < 1.29 is 38.4 Å². The number of nitrogens with zero attached hydrogens (tertiary/aromatic N) is 6. The summed E-state index contributed by atoms with van der Waals surface area (Å²) in [6, 6.07) is 7.96. The molecule has 0 radical (unpaired) electrons. The molecule has 18 heteroatoms. The largest absolute Gasteiger partial charge is 0.450 e. The fourth-order valence-electron chi connectivity index (χ4n) is 5.35. The first-order valence-corrected chi connectivity index (χ1v) is 16.1. The van der Waals surface area contributed by atoms with Crippen LogP contribution in [0, 0.1) is 20.2 Å². The van der Waals surface area contributed by atoms with E-state index in [1.807, 2.05) is 38.0 Å². The molecule has 2 unspecified atom stereocenters. The van der Waals surface area contributed by atoms with Gasteiger partial charge in [-0.15, -0.1) is 0 Å². The third kappa shape index (κ3) is 9.06. The van der Waals surface area contributed by atoms with E-state index in [1.165, 1.54) is 36.4 Å². The van der Waals surface area contributed by atoms with Crippen molar-refractivity contribution in [2.75, 3.05) is 68.5 Å². The van der Waals surface area contributed by atoms with Crippen LogP contribution in [-0.2, 0) is 19.1 Å². The highest BCUT2D eigenvalue weighted by Crippen LogP contribution is 2.36. The van der Waals surface area contributed by atoms with Gasteiger partial charge in [0.25, 0.3) is 22.9 Å². The number of hydrogen-bond acceptors (Lipinski definition) is 14. The van der Waals surface area contributed by atoms with Crippen molar-refractivity contribution in [3.05, 3.63) is 79.9 Å². The van der Waals surface area contributed by atoms with Gasteiger partial charge >= 0.3 is 11.9 Å². The van der Waals surface area contributed by atoms with Gasteiger partial charge in [-0.3, -0.25) is 20.2 Å². The Labute approximate surface area is 299 Å². The molecular weight excluding hydrogens is 693 g/mol. The Morgan fingerprint density at radius 3 is 1.46 bits per heavy atom. The molecule has 0 fully saturated rings. The van der Waals surface area contributed by atoms with Crippen molar-refractivity contribution in [1.29, 1.82) is 0 Å². The molecule has 2 aliphatic rings. The molecule has 4 rings (SSSR count). The van der Waals surface area contributed by atoms with E-state index in [0.29, 0.717) is 24.2 Å². The Morgan fingerprint density at radius 2 is 1.14 bits per heavy atom. The molecule has 50 heavy (non-hydrogen) atoms. The molecule has 0 spiro atoms. The Bertz CT molecular complexity index is 1610. The predicted molar refractivity (Wildman–Crippen MR) is 189 cm³/mol. The van der Waals surface area contributed by atoms with Crippen molar-refractivity contribution in [2.24, 2.45) is 0 Å². The summed E-state index contributed by atoms with van der Waals surface area (Å²) in [6.45, 7) is 0.816. The minimum Gasteiger partial charge on any atom is -0.450 e. The highest BCUT2D eigenvalue weighted by atomic mass is 32.1. The number of thiocarbonyl (C=S) groups is 2. The highest BCUT2D eigenvalue weighted by Gasteiger charge is 2.44. The average Bonchev–Trinajstić information content (AvgIpc) is 3.21. The summed E-state index contributed by atoms with van der Waals surface area (Å²) < 4.78 is 24.4. The maximum absolute atomic E-state index is 13.3. The summed E-state index contributed by atoms with van der Waals surface area (Å²) in [6.07, 6.45) is 2.17. The molecule has 2 aliphatic heterocycles. The Hall–Kier alpha value is -4.78. The van der Waals surface area contributed by atoms with Gasteiger partial charge < -0.3 is 38.5 Å². The van der Waals surface area contributed by atoms with E-state index in [4.69, 9.17) is 43.4 Å². The molecule has 2 aromatic rings. The highest BCUT2D eigenvalue weighted by molar-refractivity contribution is 7.81. The van der Waals surface area contributed by atoms with Crippen molar-refractivity contribution in [3.63, 3.8) is 0 Å². The third-order valence-corrected chi connectivity index (χ3v) is 8.92. The number of fused-ring (bicyclic) bond motifs is 2. The molecule has 2 atom stereocenters. The monoisotopic (exact) mass is 730 g/mol. The maximum atomic E-state index is 13.3. The van der Waals surface area contributed by atoms with Crippen LogP contribution in [0.3, 0.4) is 0 Å². The molecule has 0 saturated carbocycles. The second kappa shape index (κ2) is 15.4. The summed E-state index contributed by atoms with van der Waals surface area (Å²) in [4.78, 5) is 55.9. The zero-order valence-corrected chi connectivity index (χ0v) is 30.1. The van der Waals surface area contributed by atoms with Gasteiger partial charge in [0.2, 0.25) is 0 Å². The Morgan fingerprint density at radius 1 is 0.780 bits per heavy atom. The first-order valence-electron chi connectivity index (χ1n) is 15.3. The van der Waals surface area contributed by atoms with Gasteiger partial charge in [-0.25, -0.2) is 9.59 Å². The number of benzene rings is 2. The SMILES string of the molecule is CN(C)CCC1(OC(=O)/C=C/C(=O)OC2(CCN(C)C)CN(C)C(=S)c3cc([N+](=O)[O-])ccc3O2)CN(C)C(=S)c2cc([N+](=O)[O-])ccc2O1. The third-order valence-electron chi connectivity index (χ3n) is 7.86. The normalized spacial score (nSPS) is 20.4. The number of hydrogen-bond donors (Lipinski definition) is 0. The summed E-state index contributed by atoms with van der Waals surface area (Å²) in [5.41, 5.74) is 0.235. The number of nitro groups is 2. The fraction of sp³-hybridized carbons (Fsp3) is 0.438. The van der Waals surface area contributed by atoms with Gasteiger partial charge in [-0.05, 0) is 40.3 Å². The lowest BCUT2D eigenvalue weighted by Crippen LogP contribution is -2.51. The van der Waals surface area contributed by atoms with E-state index in [2.05, 4.69) is 0 Å². The van der Waals surface area contributed by atoms with Crippen LogP contribution in [0.25, 0.3) is 0 Å². The quantitative estimate of drug-likeness (QED) is 0.103. The van der Waals surface area contributed by atoms with Crippen LogP contribution in [0.5, 0.6) is 11.5 Å². The molecule has 0 bridgehead atoms. The second-order valence-corrected chi connectivity index (χ2v) is 13.3.